The molecule has 1 aliphatic carbocycles. The van der Waals surface area contributed by atoms with Gasteiger partial charge in [-0.15, -0.1) is 0 Å². The molecule has 2 aromatic rings. The standard InChI is InChI=1S/C23H28NO2P/c1-24(2)20-11-7-8-12-22(20)27-23-16-19(13-14-21(23)26-17-25-3)15-18-9-5-4-6-10-18/h4-9,11-14,16,18,27H,10,15,17H2,1-3H3. The molecular weight excluding hydrogens is 353 g/mol. The van der Waals surface area contributed by atoms with Crippen molar-refractivity contribution in [2.24, 2.45) is 5.92 Å². The van der Waals surface area contributed by atoms with Gasteiger partial charge < -0.3 is 14.4 Å². The van der Waals surface area contributed by atoms with E-state index in [2.05, 4.69) is 85.8 Å². The van der Waals surface area contributed by atoms with E-state index in [1.54, 1.807) is 7.11 Å². The zero-order valence-electron chi connectivity index (χ0n) is 16.3. The van der Waals surface area contributed by atoms with Gasteiger partial charge in [0.05, 0.1) is 0 Å². The fraction of sp³-hybridized carbons (Fsp3) is 0.304. The van der Waals surface area contributed by atoms with Crippen LogP contribution in [0.3, 0.4) is 0 Å². The van der Waals surface area contributed by atoms with Gasteiger partial charge in [-0.05, 0) is 42.5 Å². The third kappa shape index (κ3) is 5.45. The van der Waals surface area contributed by atoms with Crippen molar-refractivity contribution in [3.8, 4) is 5.75 Å². The minimum Gasteiger partial charge on any atom is -0.467 e. The molecule has 3 rings (SSSR count). The first-order chi connectivity index (χ1) is 13.2. The molecule has 27 heavy (non-hydrogen) atoms. The van der Waals surface area contributed by atoms with Crippen LogP contribution in [-0.4, -0.2) is 28.0 Å². The summed E-state index contributed by atoms with van der Waals surface area (Å²) in [6.45, 7) is 0.266. The number of anilines is 1. The van der Waals surface area contributed by atoms with Crippen molar-refractivity contribution < 1.29 is 9.47 Å². The van der Waals surface area contributed by atoms with Crippen molar-refractivity contribution in [3.63, 3.8) is 0 Å². The zero-order valence-corrected chi connectivity index (χ0v) is 17.3. The predicted molar refractivity (Wildman–Crippen MR) is 117 cm³/mol. The van der Waals surface area contributed by atoms with Crippen LogP contribution in [0.2, 0.25) is 0 Å². The quantitative estimate of drug-likeness (QED) is 0.509. The Bertz CT molecular complexity index is 814. The van der Waals surface area contributed by atoms with E-state index in [0.29, 0.717) is 14.5 Å². The number of hydrogen-bond acceptors (Lipinski definition) is 3. The highest BCUT2D eigenvalue weighted by atomic mass is 31.1. The number of nitrogens with zero attached hydrogens (tertiary/aromatic N) is 1. The Morgan fingerprint density at radius 3 is 2.67 bits per heavy atom. The molecule has 1 aliphatic rings. The van der Waals surface area contributed by atoms with Gasteiger partial charge in [0.25, 0.3) is 0 Å². The van der Waals surface area contributed by atoms with Crippen molar-refractivity contribution in [2.45, 2.75) is 12.8 Å². The Balaban J connectivity index is 1.87. The van der Waals surface area contributed by atoms with Crippen LogP contribution in [0.5, 0.6) is 5.75 Å². The lowest BCUT2D eigenvalue weighted by Crippen LogP contribution is -2.18. The molecule has 142 valence electrons. The highest BCUT2D eigenvalue weighted by molar-refractivity contribution is 7.56. The molecule has 3 nitrogen and oxygen atoms in total. The highest BCUT2D eigenvalue weighted by Gasteiger charge is 2.13. The summed E-state index contributed by atoms with van der Waals surface area (Å²) in [7, 11) is 6.36. The van der Waals surface area contributed by atoms with Gasteiger partial charge in [-0.2, -0.15) is 0 Å². The lowest BCUT2D eigenvalue weighted by atomic mass is 9.93. The van der Waals surface area contributed by atoms with E-state index in [9.17, 15) is 0 Å². The Hall–Kier alpha value is -2.09. The van der Waals surface area contributed by atoms with Crippen molar-refractivity contribution in [1.82, 2.24) is 0 Å². The third-order valence-corrected chi connectivity index (χ3v) is 5.95. The van der Waals surface area contributed by atoms with E-state index >= 15 is 0 Å². The second-order valence-corrected chi connectivity index (χ2v) is 8.26. The molecule has 0 N–H and O–H groups in total. The van der Waals surface area contributed by atoms with Crippen molar-refractivity contribution >= 4 is 24.9 Å². The zero-order chi connectivity index (χ0) is 19.1. The number of rotatable bonds is 8. The van der Waals surface area contributed by atoms with Gasteiger partial charge >= 0.3 is 0 Å². The summed E-state index contributed by atoms with van der Waals surface area (Å²) >= 11 is 0. The smallest absolute Gasteiger partial charge is 0.188 e. The molecule has 0 bridgehead atoms. The Labute approximate surface area is 164 Å². The predicted octanol–water partition coefficient (Wildman–Crippen LogP) is 4.04. The van der Waals surface area contributed by atoms with Crippen LogP contribution < -0.4 is 20.2 Å². The maximum absolute atomic E-state index is 5.85. The number of para-hydroxylation sites is 1. The van der Waals surface area contributed by atoms with Gasteiger partial charge in [-0.1, -0.05) is 57.2 Å². The second kappa shape index (κ2) is 9.73. The van der Waals surface area contributed by atoms with Gasteiger partial charge in [0.15, 0.2) is 6.79 Å². The summed E-state index contributed by atoms with van der Waals surface area (Å²) in [6.07, 6.45) is 11.0. The molecule has 0 amide bonds. The van der Waals surface area contributed by atoms with Crippen molar-refractivity contribution in [2.75, 3.05) is 32.9 Å². The number of allylic oxidation sites excluding steroid dienone is 4. The third-order valence-electron chi connectivity index (χ3n) is 4.60. The van der Waals surface area contributed by atoms with E-state index in [1.165, 1.54) is 21.9 Å². The normalized spacial score (nSPS) is 16.2. The molecule has 0 radical (unpaired) electrons. The first-order valence-electron chi connectivity index (χ1n) is 9.28. The van der Waals surface area contributed by atoms with Crippen LogP contribution in [-0.2, 0) is 11.2 Å². The van der Waals surface area contributed by atoms with Crippen LogP contribution in [0.25, 0.3) is 0 Å². The van der Waals surface area contributed by atoms with Crippen LogP contribution in [0.1, 0.15) is 12.0 Å². The second-order valence-electron chi connectivity index (χ2n) is 6.93. The largest absolute Gasteiger partial charge is 0.467 e. The molecule has 4 heteroatoms. The van der Waals surface area contributed by atoms with E-state index < -0.39 is 0 Å². The Morgan fingerprint density at radius 1 is 1.07 bits per heavy atom. The molecule has 0 heterocycles. The lowest BCUT2D eigenvalue weighted by Gasteiger charge is -2.19. The summed E-state index contributed by atoms with van der Waals surface area (Å²) in [6, 6.07) is 15.2. The molecule has 0 saturated heterocycles. The van der Waals surface area contributed by atoms with Gasteiger partial charge in [0.2, 0.25) is 0 Å². The number of hydrogen-bond donors (Lipinski definition) is 0. The highest BCUT2D eigenvalue weighted by Crippen LogP contribution is 2.26. The fourth-order valence-electron chi connectivity index (χ4n) is 3.25. The Morgan fingerprint density at radius 2 is 1.93 bits per heavy atom. The summed E-state index contributed by atoms with van der Waals surface area (Å²) in [4.78, 5) is 2.17. The first-order valence-corrected chi connectivity index (χ1v) is 10.3. The average Bonchev–Trinajstić information content (AvgIpc) is 2.68. The van der Waals surface area contributed by atoms with Crippen LogP contribution in [0.15, 0.2) is 66.8 Å². The van der Waals surface area contributed by atoms with Gasteiger partial charge in [-0.25, -0.2) is 0 Å². The number of benzene rings is 2. The van der Waals surface area contributed by atoms with Gasteiger partial charge in [0, 0.05) is 37.5 Å². The Kier molecular flexibility index (Phi) is 7.09. The lowest BCUT2D eigenvalue weighted by molar-refractivity contribution is 0.0519. The maximum atomic E-state index is 5.85. The molecule has 0 aromatic heterocycles. The van der Waals surface area contributed by atoms with Crippen LogP contribution in [0, 0.1) is 5.92 Å². The van der Waals surface area contributed by atoms with E-state index in [1.807, 2.05) is 0 Å². The number of ether oxygens (including phenoxy) is 2. The topological polar surface area (TPSA) is 21.7 Å². The molecule has 0 aliphatic heterocycles. The van der Waals surface area contributed by atoms with Crippen molar-refractivity contribution in [1.29, 1.82) is 0 Å². The van der Waals surface area contributed by atoms with E-state index in [4.69, 9.17) is 9.47 Å². The average molecular weight is 381 g/mol. The molecular formula is C23H28NO2P. The van der Waals surface area contributed by atoms with Crippen molar-refractivity contribution in [3.05, 3.63) is 72.3 Å². The molecule has 2 atom stereocenters. The molecule has 0 spiro atoms. The first kappa shape index (κ1) is 19.7. The van der Waals surface area contributed by atoms with E-state index in [0.717, 1.165) is 18.6 Å². The SMILES string of the molecule is COCOc1ccc(CC2C=CC=CC2)cc1Pc1ccccc1N(C)C. The minimum absolute atomic E-state index is 0.266. The molecule has 0 fully saturated rings. The minimum atomic E-state index is 0.266. The summed E-state index contributed by atoms with van der Waals surface area (Å²) < 4.78 is 11.0. The molecule has 2 unspecified atom stereocenters. The van der Waals surface area contributed by atoms with Crippen LogP contribution in [0.4, 0.5) is 5.69 Å². The summed E-state index contributed by atoms with van der Waals surface area (Å²) in [5, 5.41) is 2.55. The van der Waals surface area contributed by atoms with Gasteiger partial charge in [-0.3, -0.25) is 0 Å². The fourth-order valence-corrected chi connectivity index (χ4v) is 4.69. The monoisotopic (exact) mass is 381 g/mol. The molecule has 2 aromatic carbocycles. The maximum Gasteiger partial charge on any atom is 0.188 e. The summed E-state index contributed by atoms with van der Waals surface area (Å²) in [5.41, 5.74) is 2.61. The number of methoxy groups -OCH3 is 1. The van der Waals surface area contributed by atoms with Gasteiger partial charge in [0.1, 0.15) is 5.75 Å². The molecule has 0 saturated carbocycles. The van der Waals surface area contributed by atoms with E-state index in [-0.39, 0.29) is 6.79 Å². The van der Waals surface area contributed by atoms with Crippen LogP contribution >= 0.6 is 8.58 Å². The summed E-state index contributed by atoms with van der Waals surface area (Å²) in [5.74, 6) is 1.48.